The Morgan fingerprint density at radius 3 is 2.86 bits per heavy atom. The van der Waals surface area contributed by atoms with Gasteiger partial charge in [0.2, 0.25) is 5.13 Å². The summed E-state index contributed by atoms with van der Waals surface area (Å²) in [5, 5.41) is 4.16. The summed E-state index contributed by atoms with van der Waals surface area (Å²) in [4.78, 5) is 4.37. The summed E-state index contributed by atoms with van der Waals surface area (Å²) in [6, 6.07) is 0.305. The van der Waals surface area contributed by atoms with Crippen LogP contribution in [0.3, 0.4) is 0 Å². The highest BCUT2D eigenvalue weighted by Gasteiger charge is 2.08. The molecule has 0 aliphatic rings. The largest absolute Gasteiger partial charge is 0.356 e. The topological polar surface area (TPSA) is 37.8 Å². The second-order valence-electron chi connectivity index (χ2n) is 3.17. The fraction of sp³-hybridized carbons (Fsp3) is 0.778. The van der Waals surface area contributed by atoms with Crippen LogP contribution < -0.4 is 5.32 Å². The van der Waals surface area contributed by atoms with Crippen LogP contribution >= 0.6 is 23.1 Å². The fourth-order valence-corrected chi connectivity index (χ4v) is 2.05. The van der Waals surface area contributed by atoms with Gasteiger partial charge in [0.25, 0.3) is 0 Å². The first-order chi connectivity index (χ1) is 6.80. The van der Waals surface area contributed by atoms with Gasteiger partial charge in [-0.1, -0.05) is 13.8 Å². The van der Waals surface area contributed by atoms with Crippen LogP contribution in [0.1, 0.15) is 32.5 Å². The van der Waals surface area contributed by atoms with Crippen LogP contribution in [0.2, 0.25) is 0 Å². The first-order valence-electron chi connectivity index (χ1n) is 4.95. The third kappa shape index (κ3) is 3.42. The molecule has 0 aliphatic carbocycles. The van der Waals surface area contributed by atoms with Crippen molar-refractivity contribution >= 4 is 28.3 Å². The molecule has 0 amide bonds. The van der Waals surface area contributed by atoms with Crippen LogP contribution in [0, 0.1) is 0 Å². The van der Waals surface area contributed by atoms with Crippen molar-refractivity contribution in [3.8, 4) is 0 Å². The molecule has 0 radical (unpaired) electrons. The normalized spacial score (nSPS) is 12.8. The third-order valence-electron chi connectivity index (χ3n) is 1.95. The number of nitrogens with one attached hydrogen (secondary N) is 1. The van der Waals surface area contributed by atoms with Crippen molar-refractivity contribution in [1.29, 1.82) is 0 Å². The highest BCUT2D eigenvalue weighted by molar-refractivity contribution is 7.09. The van der Waals surface area contributed by atoms with E-state index in [0.29, 0.717) is 11.9 Å². The SMILES string of the molecule is CCCc1nsc(NC(CC)CCl)n1. The molecular formula is C9H16ClN3S. The summed E-state index contributed by atoms with van der Waals surface area (Å²) in [6.07, 6.45) is 3.05. The quantitative estimate of drug-likeness (QED) is 0.768. The highest BCUT2D eigenvalue weighted by Crippen LogP contribution is 2.14. The van der Waals surface area contributed by atoms with Gasteiger partial charge in [-0.25, -0.2) is 4.98 Å². The monoisotopic (exact) mass is 233 g/mol. The predicted octanol–water partition coefficient (Wildman–Crippen LogP) is 2.92. The Morgan fingerprint density at radius 2 is 2.29 bits per heavy atom. The van der Waals surface area contributed by atoms with E-state index in [9.17, 15) is 0 Å². The van der Waals surface area contributed by atoms with Gasteiger partial charge in [-0.3, -0.25) is 0 Å². The molecule has 5 heteroatoms. The van der Waals surface area contributed by atoms with E-state index in [4.69, 9.17) is 11.6 Å². The number of aryl methyl sites for hydroxylation is 1. The van der Waals surface area contributed by atoms with Crippen molar-refractivity contribution in [1.82, 2.24) is 9.36 Å². The van der Waals surface area contributed by atoms with E-state index < -0.39 is 0 Å². The molecule has 0 spiro atoms. The number of hydrogen-bond donors (Lipinski definition) is 1. The molecule has 0 saturated carbocycles. The van der Waals surface area contributed by atoms with E-state index in [-0.39, 0.29) is 0 Å². The molecule has 0 bridgehead atoms. The third-order valence-corrected chi connectivity index (χ3v) is 3.00. The molecule has 1 aromatic rings. The first-order valence-corrected chi connectivity index (χ1v) is 6.26. The lowest BCUT2D eigenvalue weighted by Gasteiger charge is -2.11. The molecular weight excluding hydrogens is 218 g/mol. The Balaban J connectivity index is 2.49. The summed E-state index contributed by atoms with van der Waals surface area (Å²) in [6.45, 7) is 4.23. The smallest absolute Gasteiger partial charge is 0.202 e. The maximum Gasteiger partial charge on any atom is 0.202 e. The van der Waals surface area contributed by atoms with E-state index in [1.807, 2.05) is 0 Å². The van der Waals surface area contributed by atoms with E-state index in [0.717, 1.165) is 30.2 Å². The van der Waals surface area contributed by atoms with Crippen molar-refractivity contribution in [3.05, 3.63) is 5.82 Å². The summed E-state index contributed by atoms with van der Waals surface area (Å²) in [5.41, 5.74) is 0. The standard InChI is InChI=1S/C9H16ClN3S/c1-3-5-8-12-9(14-13-8)11-7(4-2)6-10/h7H,3-6H2,1-2H3,(H,11,12,13). The first kappa shape index (κ1) is 11.7. The van der Waals surface area contributed by atoms with E-state index in [2.05, 4.69) is 28.5 Å². The summed E-state index contributed by atoms with van der Waals surface area (Å²) in [5.74, 6) is 1.54. The molecule has 0 saturated heterocycles. The van der Waals surface area contributed by atoms with Crippen LogP contribution in [0.15, 0.2) is 0 Å². The lowest BCUT2D eigenvalue weighted by molar-refractivity contribution is 0.766. The van der Waals surface area contributed by atoms with Gasteiger partial charge in [-0.2, -0.15) is 4.37 Å². The number of halogens is 1. The summed E-state index contributed by atoms with van der Waals surface area (Å²) >= 11 is 7.20. The fourth-order valence-electron chi connectivity index (χ4n) is 1.06. The van der Waals surface area contributed by atoms with Gasteiger partial charge in [-0.15, -0.1) is 11.6 Å². The molecule has 1 N–H and O–H groups in total. The van der Waals surface area contributed by atoms with E-state index in [1.165, 1.54) is 11.5 Å². The van der Waals surface area contributed by atoms with Crippen molar-refractivity contribution < 1.29 is 0 Å². The minimum atomic E-state index is 0.305. The Hall–Kier alpha value is -0.350. The van der Waals surface area contributed by atoms with Gasteiger partial charge in [0, 0.05) is 29.9 Å². The van der Waals surface area contributed by atoms with Crippen molar-refractivity contribution in [3.63, 3.8) is 0 Å². The van der Waals surface area contributed by atoms with E-state index >= 15 is 0 Å². The van der Waals surface area contributed by atoms with Crippen LogP contribution in [0.4, 0.5) is 5.13 Å². The molecule has 0 aromatic carbocycles. The number of rotatable bonds is 6. The molecule has 1 rings (SSSR count). The number of nitrogens with zero attached hydrogens (tertiary/aromatic N) is 2. The van der Waals surface area contributed by atoms with Crippen LogP contribution in [0.5, 0.6) is 0 Å². The molecule has 0 aliphatic heterocycles. The lowest BCUT2D eigenvalue weighted by atomic mass is 10.3. The molecule has 1 atom stereocenters. The molecule has 1 aromatic heterocycles. The Bertz CT molecular complexity index is 260. The maximum atomic E-state index is 5.78. The van der Waals surface area contributed by atoms with Crippen LogP contribution in [-0.4, -0.2) is 21.3 Å². The highest BCUT2D eigenvalue weighted by atomic mass is 35.5. The number of anilines is 1. The molecule has 1 heterocycles. The van der Waals surface area contributed by atoms with Gasteiger partial charge in [0.1, 0.15) is 5.82 Å². The van der Waals surface area contributed by atoms with Crippen molar-refractivity contribution in [2.45, 2.75) is 39.2 Å². The molecule has 3 nitrogen and oxygen atoms in total. The Labute approximate surface area is 94.1 Å². The number of hydrogen-bond acceptors (Lipinski definition) is 4. The van der Waals surface area contributed by atoms with Crippen molar-refractivity contribution in [2.24, 2.45) is 0 Å². The van der Waals surface area contributed by atoms with Gasteiger partial charge in [0.05, 0.1) is 0 Å². The van der Waals surface area contributed by atoms with Crippen molar-refractivity contribution in [2.75, 3.05) is 11.2 Å². The average Bonchev–Trinajstić information content (AvgIpc) is 2.63. The van der Waals surface area contributed by atoms with Gasteiger partial charge >= 0.3 is 0 Å². The molecule has 80 valence electrons. The zero-order valence-corrected chi connectivity index (χ0v) is 10.2. The lowest BCUT2D eigenvalue weighted by Crippen LogP contribution is -2.19. The number of aromatic nitrogens is 2. The van der Waals surface area contributed by atoms with Gasteiger partial charge in [-0.05, 0) is 12.8 Å². The second-order valence-corrected chi connectivity index (χ2v) is 4.23. The summed E-state index contributed by atoms with van der Waals surface area (Å²) < 4.78 is 4.25. The second kappa shape index (κ2) is 6.19. The zero-order valence-electron chi connectivity index (χ0n) is 8.59. The minimum absolute atomic E-state index is 0.305. The predicted molar refractivity (Wildman–Crippen MR) is 62.3 cm³/mol. The van der Waals surface area contributed by atoms with Gasteiger partial charge < -0.3 is 5.32 Å². The maximum absolute atomic E-state index is 5.78. The minimum Gasteiger partial charge on any atom is -0.356 e. The molecule has 1 unspecified atom stereocenters. The Morgan fingerprint density at radius 1 is 1.50 bits per heavy atom. The Kier molecular flexibility index (Phi) is 5.19. The average molecular weight is 234 g/mol. The van der Waals surface area contributed by atoms with Crippen LogP contribution in [-0.2, 0) is 6.42 Å². The molecule has 0 fully saturated rings. The molecule has 14 heavy (non-hydrogen) atoms. The number of alkyl halides is 1. The van der Waals surface area contributed by atoms with E-state index in [1.54, 1.807) is 0 Å². The zero-order chi connectivity index (χ0) is 10.4. The van der Waals surface area contributed by atoms with Crippen LogP contribution in [0.25, 0.3) is 0 Å². The van der Waals surface area contributed by atoms with Gasteiger partial charge in [0.15, 0.2) is 0 Å². The summed E-state index contributed by atoms with van der Waals surface area (Å²) in [7, 11) is 0.